The summed E-state index contributed by atoms with van der Waals surface area (Å²) >= 11 is 0. The summed E-state index contributed by atoms with van der Waals surface area (Å²) < 4.78 is 13.7. The molecule has 0 aromatic carbocycles. The predicted molar refractivity (Wildman–Crippen MR) is 108 cm³/mol. The zero-order valence-electron chi connectivity index (χ0n) is 17.2. The quantitative estimate of drug-likeness (QED) is 0.328. The molecule has 11 heteroatoms. The van der Waals surface area contributed by atoms with Gasteiger partial charge < -0.3 is 21.3 Å². The van der Waals surface area contributed by atoms with Crippen LogP contribution in [0.3, 0.4) is 0 Å². The fourth-order valence-electron chi connectivity index (χ4n) is 5.89. The largest absolute Gasteiger partial charge is 0.350 e. The van der Waals surface area contributed by atoms with Crippen LogP contribution in [-0.2, 0) is 9.59 Å². The number of amides is 2. The average molecular weight is 425 g/mol. The number of hydrazine groups is 1. The Labute approximate surface area is 176 Å². The Bertz CT molecular complexity index is 683. The van der Waals surface area contributed by atoms with Crippen LogP contribution in [0.1, 0.15) is 19.3 Å². The van der Waals surface area contributed by atoms with Crippen LogP contribution in [0.5, 0.6) is 0 Å². The Morgan fingerprint density at radius 1 is 1.23 bits per heavy atom. The van der Waals surface area contributed by atoms with Gasteiger partial charge in [-0.3, -0.25) is 19.8 Å². The van der Waals surface area contributed by atoms with E-state index < -0.39 is 18.3 Å². The number of carbonyl (C=O) groups is 2. The second kappa shape index (κ2) is 8.29. The summed E-state index contributed by atoms with van der Waals surface area (Å²) in [7, 11) is 0. The first-order valence-corrected chi connectivity index (χ1v) is 11.2. The van der Waals surface area contributed by atoms with Crippen molar-refractivity contribution < 1.29 is 14.0 Å². The highest BCUT2D eigenvalue weighted by Gasteiger charge is 2.48. The predicted octanol–water partition coefficient (Wildman–Crippen LogP) is -2.87. The monoisotopic (exact) mass is 424 g/mol. The van der Waals surface area contributed by atoms with Crippen molar-refractivity contribution in [1.82, 2.24) is 36.2 Å². The third kappa shape index (κ3) is 3.71. The van der Waals surface area contributed by atoms with Crippen molar-refractivity contribution in [3.05, 3.63) is 0 Å². The Morgan fingerprint density at radius 3 is 2.97 bits per heavy atom. The molecule has 5 saturated heterocycles. The maximum Gasteiger partial charge on any atom is 0.237 e. The Hall–Kier alpha value is -1.37. The molecule has 168 valence electrons. The molecule has 0 aliphatic carbocycles. The lowest BCUT2D eigenvalue weighted by atomic mass is 9.95. The number of nitrogens with one attached hydrogen (secondary N) is 4. The van der Waals surface area contributed by atoms with Crippen molar-refractivity contribution in [3.8, 4) is 0 Å². The van der Waals surface area contributed by atoms with E-state index in [4.69, 9.17) is 5.73 Å². The van der Waals surface area contributed by atoms with Gasteiger partial charge in [0.15, 0.2) is 0 Å². The number of rotatable bonds is 3. The van der Waals surface area contributed by atoms with E-state index in [0.717, 1.165) is 38.9 Å². The van der Waals surface area contributed by atoms with Crippen LogP contribution in [0.15, 0.2) is 0 Å². The van der Waals surface area contributed by atoms with Gasteiger partial charge in [-0.05, 0) is 25.8 Å². The van der Waals surface area contributed by atoms with Crippen molar-refractivity contribution in [1.29, 1.82) is 0 Å². The summed E-state index contributed by atoms with van der Waals surface area (Å²) in [6.45, 7) is 4.16. The van der Waals surface area contributed by atoms with Crippen molar-refractivity contribution in [2.45, 2.75) is 55.9 Å². The molecular weight excluding hydrogens is 391 g/mol. The summed E-state index contributed by atoms with van der Waals surface area (Å²) in [5.74, 6) is -0.428. The topological polar surface area (TPSA) is 118 Å². The number of hydrogen-bond acceptors (Lipinski definition) is 8. The summed E-state index contributed by atoms with van der Waals surface area (Å²) in [6, 6.07) is 0.336. The zero-order chi connectivity index (χ0) is 20.8. The van der Waals surface area contributed by atoms with Gasteiger partial charge in [0, 0.05) is 44.8 Å². The van der Waals surface area contributed by atoms with Crippen LogP contribution in [-0.4, -0.2) is 109 Å². The highest BCUT2D eigenvalue weighted by molar-refractivity contribution is 5.81. The molecule has 2 amide bonds. The molecule has 6 N–H and O–H groups in total. The first-order valence-electron chi connectivity index (χ1n) is 11.2. The van der Waals surface area contributed by atoms with E-state index >= 15 is 0 Å². The molecule has 5 heterocycles. The second-order valence-electron chi connectivity index (χ2n) is 9.27. The number of alkyl halides is 1. The van der Waals surface area contributed by atoms with Gasteiger partial charge in [0.1, 0.15) is 6.17 Å². The molecule has 0 bridgehead atoms. The van der Waals surface area contributed by atoms with Crippen LogP contribution >= 0.6 is 0 Å². The maximum atomic E-state index is 13.7. The molecule has 0 saturated carbocycles. The van der Waals surface area contributed by atoms with E-state index in [1.165, 1.54) is 0 Å². The minimum atomic E-state index is -0.985. The lowest BCUT2D eigenvalue weighted by molar-refractivity contribution is -0.139. The summed E-state index contributed by atoms with van der Waals surface area (Å²) in [4.78, 5) is 30.1. The van der Waals surface area contributed by atoms with Gasteiger partial charge in [-0.1, -0.05) is 0 Å². The van der Waals surface area contributed by atoms with Gasteiger partial charge in [-0.2, -0.15) is 0 Å². The van der Waals surface area contributed by atoms with Gasteiger partial charge in [-0.15, -0.1) is 0 Å². The number of nitrogens with zero attached hydrogens (tertiary/aromatic N) is 3. The third-order valence-corrected chi connectivity index (χ3v) is 7.35. The van der Waals surface area contributed by atoms with E-state index in [2.05, 4.69) is 26.3 Å². The van der Waals surface area contributed by atoms with Crippen molar-refractivity contribution in [2.75, 3.05) is 45.8 Å². The first-order chi connectivity index (χ1) is 14.5. The number of hydrogen-bond donors (Lipinski definition) is 5. The molecule has 5 fully saturated rings. The molecule has 7 unspecified atom stereocenters. The SMILES string of the molecule is NC1NN2CC(F)CNC2C1C(=O)NC1CNCCC1N1CC(=O)N2CCCC2C1. The molecule has 0 aromatic rings. The average Bonchev–Trinajstić information content (AvgIpc) is 3.31. The molecule has 30 heavy (non-hydrogen) atoms. The van der Waals surface area contributed by atoms with E-state index in [0.29, 0.717) is 19.1 Å². The Balaban J connectivity index is 1.26. The number of nitrogens with two attached hydrogens (primary N) is 1. The van der Waals surface area contributed by atoms with Gasteiger partial charge in [0.25, 0.3) is 0 Å². The normalized spacial score (nSPS) is 42.8. The fourth-order valence-corrected chi connectivity index (χ4v) is 5.89. The second-order valence-corrected chi connectivity index (χ2v) is 9.27. The number of fused-ring (bicyclic) bond motifs is 2. The molecule has 0 radical (unpaired) electrons. The molecule has 5 aliphatic heterocycles. The minimum Gasteiger partial charge on any atom is -0.350 e. The number of carbonyl (C=O) groups excluding carboxylic acids is 2. The van der Waals surface area contributed by atoms with Crippen LogP contribution in [0, 0.1) is 5.92 Å². The van der Waals surface area contributed by atoms with Crippen molar-refractivity contribution in [3.63, 3.8) is 0 Å². The summed E-state index contributed by atoms with van der Waals surface area (Å²) in [5.41, 5.74) is 9.22. The van der Waals surface area contributed by atoms with Gasteiger partial charge in [0.2, 0.25) is 11.8 Å². The summed E-state index contributed by atoms with van der Waals surface area (Å²) in [5, 5.41) is 11.4. The molecule has 0 spiro atoms. The van der Waals surface area contributed by atoms with Crippen LogP contribution in [0.4, 0.5) is 4.39 Å². The molecule has 7 atom stereocenters. The zero-order valence-corrected chi connectivity index (χ0v) is 17.2. The molecule has 5 aliphatic rings. The maximum absolute atomic E-state index is 13.7. The highest BCUT2D eigenvalue weighted by atomic mass is 19.1. The van der Waals surface area contributed by atoms with Crippen molar-refractivity contribution >= 4 is 11.8 Å². The Kier molecular flexibility index (Phi) is 5.67. The van der Waals surface area contributed by atoms with E-state index in [-0.39, 0.29) is 43.2 Å². The fraction of sp³-hybridized carbons (Fsp3) is 0.895. The summed E-state index contributed by atoms with van der Waals surface area (Å²) in [6.07, 6.45) is 1.16. The number of piperazine rings is 1. The van der Waals surface area contributed by atoms with Gasteiger partial charge >= 0.3 is 0 Å². The molecule has 10 nitrogen and oxygen atoms in total. The first kappa shape index (κ1) is 20.5. The van der Waals surface area contributed by atoms with Gasteiger partial charge in [0.05, 0.1) is 30.8 Å². The standard InChI is InChI=1S/C19H33FN8O2/c20-11-6-23-18-16(17(21)25-28(18)8-11)19(30)24-13-7-22-4-3-14(13)26-9-12-2-1-5-27(12)15(29)10-26/h11-14,16-18,22-23,25H,1-10,21H2,(H,24,30). The van der Waals surface area contributed by atoms with Crippen LogP contribution < -0.4 is 27.1 Å². The van der Waals surface area contributed by atoms with E-state index in [9.17, 15) is 14.0 Å². The lowest BCUT2D eigenvalue weighted by Gasteiger charge is -2.45. The van der Waals surface area contributed by atoms with E-state index in [1.54, 1.807) is 5.01 Å². The van der Waals surface area contributed by atoms with Crippen LogP contribution in [0.25, 0.3) is 0 Å². The number of piperidine rings is 1. The minimum absolute atomic E-state index is 0.0919. The molecule has 5 rings (SSSR count). The molecule has 0 aromatic heterocycles. The lowest BCUT2D eigenvalue weighted by Crippen LogP contribution is -2.66. The van der Waals surface area contributed by atoms with Crippen molar-refractivity contribution in [2.24, 2.45) is 11.7 Å². The van der Waals surface area contributed by atoms with E-state index in [1.807, 2.05) is 4.90 Å². The molecular formula is C19H33FN8O2. The Morgan fingerprint density at radius 2 is 2.10 bits per heavy atom. The smallest absolute Gasteiger partial charge is 0.237 e. The third-order valence-electron chi connectivity index (χ3n) is 7.35. The van der Waals surface area contributed by atoms with Gasteiger partial charge in [-0.25, -0.2) is 14.8 Å². The number of halogens is 1. The van der Waals surface area contributed by atoms with Crippen LogP contribution in [0.2, 0.25) is 0 Å². The highest BCUT2D eigenvalue weighted by Crippen LogP contribution is 2.27.